The summed E-state index contributed by atoms with van der Waals surface area (Å²) in [4.78, 5) is 20.9. The van der Waals surface area contributed by atoms with Gasteiger partial charge in [0.1, 0.15) is 0 Å². The molecule has 2 heterocycles. The fraction of sp³-hybridized carbons (Fsp3) is 0.385. The molecule has 5 heteroatoms. The number of carbonyl (C=O) groups excluding carboxylic acids is 1. The van der Waals surface area contributed by atoms with Gasteiger partial charge in [-0.05, 0) is 24.6 Å². The van der Waals surface area contributed by atoms with Gasteiger partial charge in [-0.1, -0.05) is 6.92 Å². The molecule has 1 amide bonds. The molecule has 1 aliphatic heterocycles. The van der Waals surface area contributed by atoms with E-state index in [0.29, 0.717) is 25.1 Å². The van der Waals surface area contributed by atoms with E-state index >= 15 is 0 Å². The van der Waals surface area contributed by atoms with Gasteiger partial charge in [-0.3, -0.25) is 4.79 Å². The van der Waals surface area contributed by atoms with Gasteiger partial charge in [0.05, 0.1) is 36.1 Å². The normalized spacial score (nSPS) is 17.8. The lowest BCUT2D eigenvalue weighted by Gasteiger charge is -2.46. The number of amides is 1. The van der Waals surface area contributed by atoms with Crippen molar-refractivity contribution in [3.8, 4) is 0 Å². The number of hydrogen-bond donors (Lipinski definition) is 2. The average molecular weight is 245 g/mol. The highest BCUT2D eigenvalue weighted by Gasteiger charge is 2.42. The predicted molar refractivity (Wildman–Crippen MR) is 67.2 cm³/mol. The maximum Gasteiger partial charge on any atom is 0.254 e. The number of carbonyl (C=O) groups is 1. The monoisotopic (exact) mass is 245 g/mol. The van der Waals surface area contributed by atoms with E-state index < -0.39 is 5.60 Å². The van der Waals surface area contributed by atoms with Gasteiger partial charge in [-0.15, -0.1) is 0 Å². The van der Waals surface area contributed by atoms with Crippen molar-refractivity contribution < 1.29 is 9.90 Å². The van der Waals surface area contributed by atoms with Gasteiger partial charge in [0.15, 0.2) is 0 Å². The smallest absolute Gasteiger partial charge is 0.254 e. The van der Waals surface area contributed by atoms with Crippen molar-refractivity contribution in [3.05, 3.63) is 30.1 Å². The van der Waals surface area contributed by atoms with Crippen LogP contribution in [-0.2, 0) is 0 Å². The number of β-amino-alcohol motifs (C(OH)–C–C–N with tert-alkyl or cyclic N) is 1. The Morgan fingerprint density at radius 1 is 1.56 bits per heavy atom. The van der Waals surface area contributed by atoms with E-state index in [1.165, 1.54) is 0 Å². The number of aliphatic hydroxyl groups is 1. The van der Waals surface area contributed by atoms with Crippen LogP contribution in [0.3, 0.4) is 0 Å². The van der Waals surface area contributed by atoms with E-state index in [0.717, 1.165) is 11.0 Å². The third kappa shape index (κ3) is 1.67. The summed E-state index contributed by atoms with van der Waals surface area (Å²) in [7, 11) is 0. The number of rotatable bonds is 2. The summed E-state index contributed by atoms with van der Waals surface area (Å²) < 4.78 is 0. The van der Waals surface area contributed by atoms with Crippen molar-refractivity contribution in [1.29, 1.82) is 0 Å². The summed E-state index contributed by atoms with van der Waals surface area (Å²) in [6.07, 6.45) is 2.29. The number of fused-ring (bicyclic) bond motifs is 1. The van der Waals surface area contributed by atoms with Crippen LogP contribution in [0.15, 0.2) is 24.5 Å². The molecule has 1 aliphatic rings. The molecule has 0 radical (unpaired) electrons. The van der Waals surface area contributed by atoms with Crippen molar-refractivity contribution in [2.75, 3.05) is 13.1 Å². The molecule has 94 valence electrons. The number of aromatic amines is 1. The van der Waals surface area contributed by atoms with Crippen LogP contribution in [-0.4, -0.2) is 44.6 Å². The molecule has 2 N–H and O–H groups in total. The first-order chi connectivity index (χ1) is 8.61. The number of nitrogens with zero attached hydrogens (tertiary/aromatic N) is 2. The molecule has 0 saturated carbocycles. The summed E-state index contributed by atoms with van der Waals surface area (Å²) in [5.74, 6) is -0.0374. The molecule has 18 heavy (non-hydrogen) atoms. The highest BCUT2D eigenvalue weighted by atomic mass is 16.3. The molecule has 0 aliphatic carbocycles. The van der Waals surface area contributed by atoms with Crippen LogP contribution < -0.4 is 0 Å². The van der Waals surface area contributed by atoms with Crippen molar-refractivity contribution in [3.63, 3.8) is 0 Å². The van der Waals surface area contributed by atoms with Gasteiger partial charge in [0, 0.05) is 5.56 Å². The van der Waals surface area contributed by atoms with Crippen LogP contribution in [0.2, 0.25) is 0 Å². The largest absolute Gasteiger partial charge is 0.386 e. The number of hydrogen-bond acceptors (Lipinski definition) is 3. The molecule has 1 fully saturated rings. The lowest BCUT2D eigenvalue weighted by Crippen LogP contribution is -2.63. The lowest BCUT2D eigenvalue weighted by atomic mass is 9.90. The zero-order chi connectivity index (χ0) is 12.8. The first-order valence-electron chi connectivity index (χ1n) is 6.06. The SMILES string of the molecule is CCC1(O)CN(C(=O)c2ccc3nc[nH]c3c2)C1. The summed E-state index contributed by atoms with van der Waals surface area (Å²) in [5, 5.41) is 9.91. The first kappa shape index (κ1) is 11.2. The Hall–Kier alpha value is -1.88. The third-order valence-electron chi connectivity index (χ3n) is 3.58. The van der Waals surface area contributed by atoms with Crippen molar-refractivity contribution in [2.24, 2.45) is 0 Å². The van der Waals surface area contributed by atoms with Crippen LogP contribution >= 0.6 is 0 Å². The fourth-order valence-corrected chi connectivity index (χ4v) is 2.28. The van der Waals surface area contributed by atoms with Gasteiger partial charge in [-0.2, -0.15) is 0 Å². The standard InChI is InChI=1S/C13H15N3O2/c1-2-13(18)6-16(7-13)12(17)9-3-4-10-11(5-9)15-8-14-10/h3-5,8,18H,2,6-7H2,1H3,(H,14,15). The Morgan fingerprint density at radius 3 is 3.06 bits per heavy atom. The second-order valence-corrected chi connectivity index (χ2v) is 4.87. The van der Waals surface area contributed by atoms with Crippen LogP contribution in [0.4, 0.5) is 0 Å². The average Bonchev–Trinajstić information content (AvgIpc) is 2.81. The van der Waals surface area contributed by atoms with Gasteiger partial charge >= 0.3 is 0 Å². The minimum atomic E-state index is -0.687. The zero-order valence-corrected chi connectivity index (χ0v) is 10.2. The van der Waals surface area contributed by atoms with Gasteiger partial charge in [-0.25, -0.2) is 4.98 Å². The molecule has 0 bridgehead atoms. The van der Waals surface area contributed by atoms with Gasteiger partial charge < -0.3 is 15.0 Å². The second-order valence-electron chi connectivity index (χ2n) is 4.87. The Balaban J connectivity index is 1.81. The minimum Gasteiger partial charge on any atom is -0.386 e. The maximum absolute atomic E-state index is 12.2. The molecular weight excluding hydrogens is 230 g/mol. The number of nitrogens with one attached hydrogen (secondary N) is 1. The molecule has 0 unspecified atom stereocenters. The highest BCUT2D eigenvalue weighted by Crippen LogP contribution is 2.26. The van der Waals surface area contributed by atoms with E-state index in [1.807, 2.05) is 13.0 Å². The van der Waals surface area contributed by atoms with E-state index in [1.54, 1.807) is 23.4 Å². The number of benzene rings is 1. The molecular formula is C13H15N3O2. The van der Waals surface area contributed by atoms with E-state index in [9.17, 15) is 9.90 Å². The minimum absolute atomic E-state index is 0.0374. The molecule has 5 nitrogen and oxygen atoms in total. The fourth-order valence-electron chi connectivity index (χ4n) is 2.28. The van der Waals surface area contributed by atoms with E-state index in [-0.39, 0.29) is 5.91 Å². The van der Waals surface area contributed by atoms with E-state index in [4.69, 9.17) is 0 Å². The maximum atomic E-state index is 12.2. The Morgan fingerprint density at radius 2 is 2.33 bits per heavy atom. The highest BCUT2D eigenvalue weighted by molar-refractivity contribution is 5.97. The number of aromatic nitrogens is 2. The Labute approximate surface area is 104 Å². The third-order valence-corrected chi connectivity index (χ3v) is 3.58. The molecule has 2 aromatic rings. The molecule has 3 rings (SSSR count). The first-order valence-corrected chi connectivity index (χ1v) is 6.06. The van der Waals surface area contributed by atoms with Crippen LogP contribution in [0, 0.1) is 0 Å². The van der Waals surface area contributed by atoms with Crippen molar-refractivity contribution >= 4 is 16.9 Å². The summed E-state index contributed by atoms with van der Waals surface area (Å²) in [6.45, 7) is 2.77. The number of imidazole rings is 1. The van der Waals surface area contributed by atoms with Crippen LogP contribution in [0.25, 0.3) is 11.0 Å². The van der Waals surface area contributed by atoms with Crippen LogP contribution in [0.5, 0.6) is 0 Å². The predicted octanol–water partition coefficient (Wildman–Crippen LogP) is 1.16. The number of likely N-dealkylation sites (tertiary alicyclic amines) is 1. The Bertz CT molecular complexity index is 599. The second kappa shape index (κ2) is 3.81. The van der Waals surface area contributed by atoms with Crippen LogP contribution in [0.1, 0.15) is 23.7 Å². The zero-order valence-electron chi connectivity index (χ0n) is 10.2. The molecule has 0 spiro atoms. The van der Waals surface area contributed by atoms with Gasteiger partial charge in [0.25, 0.3) is 5.91 Å². The van der Waals surface area contributed by atoms with Gasteiger partial charge in [0.2, 0.25) is 0 Å². The quantitative estimate of drug-likeness (QED) is 0.834. The summed E-state index contributed by atoms with van der Waals surface area (Å²) >= 11 is 0. The van der Waals surface area contributed by atoms with Crippen molar-refractivity contribution in [1.82, 2.24) is 14.9 Å². The molecule has 1 saturated heterocycles. The molecule has 1 aromatic carbocycles. The topological polar surface area (TPSA) is 69.2 Å². The molecule has 1 aromatic heterocycles. The number of H-pyrrole nitrogens is 1. The van der Waals surface area contributed by atoms with Crippen molar-refractivity contribution in [2.45, 2.75) is 18.9 Å². The Kier molecular flexibility index (Phi) is 2.38. The summed E-state index contributed by atoms with van der Waals surface area (Å²) in [5.41, 5.74) is 1.64. The molecule has 0 atom stereocenters. The lowest BCUT2D eigenvalue weighted by molar-refractivity contribution is -0.0826. The summed E-state index contributed by atoms with van der Waals surface area (Å²) in [6, 6.07) is 5.40. The van der Waals surface area contributed by atoms with E-state index in [2.05, 4.69) is 9.97 Å².